The van der Waals surface area contributed by atoms with Crippen LogP contribution in [0.1, 0.15) is 34.3 Å². The minimum Gasteiger partial charge on any atom is -0.493 e. The van der Waals surface area contributed by atoms with Crippen molar-refractivity contribution in [2.45, 2.75) is 31.5 Å². The maximum atomic E-state index is 13.5. The number of Topliss-reactive ketones (excluding diaryl/α,β-unsaturated/α-hetero) is 1. The third-order valence-electron chi connectivity index (χ3n) is 5.87. The number of hydrogen-bond donors (Lipinski definition) is 0. The quantitative estimate of drug-likeness (QED) is 0.740. The molecule has 0 aliphatic carbocycles. The van der Waals surface area contributed by atoms with Gasteiger partial charge in [-0.1, -0.05) is 6.58 Å². The van der Waals surface area contributed by atoms with Crippen LogP contribution in [0.3, 0.4) is 0 Å². The predicted octanol–water partition coefficient (Wildman–Crippen LogP) is 3.70. The van der Waals surface area contributed by atoms with E-state index >= 15 is 0 Å². The van der Waals surface area contributed by atoms with E-state index in [4.69, 9.17) is 23.7 Å². The van der Waals surface area contributed by atoms with Gasteiger partial charge in [0.25, 0.3) is 0 Å². The van der Waals surface area contributed by atoms with Gasteiger partial charge >= 0.3 is 0 Å². The number of benzene rings is 2. The summed E-state index contributed by atoms with van der Waals surface area (Å²) in [4.78, 5) is 13.5. The molecule has 3 heterocycles. The zero-order valence-electron chi connectivity index (χ0n) is 16.6. The number of carbonyl (C=O) groups excluding carboxylic acids is 1. The van der Waals surface area contributed by atoms with E-state index in [2.05, 4.69) is 6.58 Å². The van der Waals surface area contributed by atoms with Crippen molar-refractivity contribution in [3.63, 3.8) is 0 Å². The molecular formula is C23H22O6. The van der Waals surface area contributed by atoms with Gasteiger partial charge in [0.2, 0.25) is 0 Å². The lowest BCUT2D eigenvalue weighted by Crippen LogP contribution is -2.43. The lowest BCUT2D eigenvalue weighted by molar-refractivity contribution is 0.0554. The number of carbonyl (C=O) groups is 1. The molecule has 0 amide bonds. The van der Waals surface area contributed by atoms with Gasteiger partial charge in [0.05, 0.1) is 25.7 Å². The van der Waals surface area contributed by atoms with Gasteiger partial charge in [-0.25, -0.2) is 0 Å². The van der Waals surface area contributed by atoms with Crippen LogP contribution in [-0.4, -0.2) is 38.8 Å². The summed E-state index contributed by atoms with van der Waals surface area (Å²) in [6.07, 6.45) is 0.157. The van der Waals surface area contributed by atoms with Gasteiger partial charge in [-0.2, -0.15) is 0 Å². The highest BCUT2D eigenvalue weighted by atomic mass is 16.5. The Bertz CT molecular complexity index is 1040. The van der Waals surface area contributed by atoms with Crippen LogP contribution in [0.2, 0.25) is 0 Å². The molecule has 0 radical (unpaired) electrons. The molecule has 29 heavy (non-hydrogen) atoms. The first-order valence-electron chi connectivity index (χ1n) is 9.59. The van der Waals surface area contributed by atoms with E-state index in [9.17, 15) is 4.79 Å². The molecule has 5 rings (SSSR count). The molecule has 3 aliphatic rings. The van der Waals surface area contributed by atoms with Crippen LogP contribution >= 0.6 is 0 Å². The van der Waals surface area contributed by atoms with E-state index in [1.165, 1.54) is 0 Å². The van der Waals surface area contributed by atoms with E-state index in [-0.39, 0.29) is 18.5 Å². The van der Waals surface area contributed by atoms with Crippen molar-refractivity contribution in [2.75, 3.05) is 20.8 Å². The van der Waals surface area contributed by atoms with Crippen LogP contribution in [0.15, 0.2) is 36.4 Å². The van der Waals surface area contributed by atoms with Crippen molar-refractivity contribution in [1.82, 2.24) is 0 Å². The smallest absolute Gasteiger partial charge is 0.178 e. The molecular weight excluding hydrogens is 372 g/mol. The second-order valence-electron chi connectivity index (χ2n) is 7.63. The average molecular weight is 394 g/mol. The molecule has 0 saturated heterocycles. The molecule has 150 valence electrons. The van der Waals surface area contributed by atoms with Gasteiger partial charge in [-0.15, -0.1) is 0 Å². The van der Waals surface area contributed by atoms with Crippen LogP contribution in [0, 0.1) is 0 Å². The third-order valence-corrected chi connectivity index (χ3v) is 5.87. The van der Waals surface area contributed by atoms with Crippen molar-refractivity contribution in [3.8, 4) is 28.7 Å². The maximum Gasteiger partial charge on any atom is 0.178 e. The molecule has 6 nitrogen and oxygen atoms in total. The Balaban J connectivity index is 1.58. The second-order valence-corrected chi connectivity index (χ2v) is 7.63. The fraction of sp³-hybridized carbons (Fsp3) is 0.348. The highest BCUT2D eigenvalue weighted by molar-refractivity contribution is 6.06. The fourth-order valence-electron chi connectivity index (χ4n) is 4.34. The summed E-state index contributed by atoms with van der Waals surface area (Å²) in [6, 6.07) is 7.23. The summed E-state index contributed by atoms with van der Waals surface area (Å²) in [6.45, 7) is 6.22. The van der Waals surface area contributed by atoms with Crippen molar-refractivity contribution in [2.24, 2.45) is 0 Å². The van der Waals surface area contributed by atoms with Gasteiger partial charge in [0.15, 0.2) is 17.3 Å². The Morgan fingerprint density at radius 2 is 1.86 bits per heavy atom. The van der Waals surface area contributed by atoms with Crippen molar-refractivity contribution in [3.05, 3.63) is 53.1 Å². The molecule has 0 saturated carbocycles. The van der Waals surface area contributed by atoms with Gasteiger partial charge in [-0.05, 0) is 30.7 Å². The molecule has 2 aromatic carbocycles. The molecule has 0 aromatic heterocycles. The molecule has 0 bridgehead atoms. The van der Waals surface area contributed by atoms with E-state index in [0.717, 1.165) is 22.4 Å². The Labute approximate surface area is 169 Å². The molecule has 3 atom stereocenters. The monoisotopic (exact) mass is 394 g/mol. The van der Waals surface area contributed by atoms with Crippen molar-refractivity contribution in [1.29, 1.82) is 0 Å². The average Bonchev–Trinajstić information content (AvgIpc) is 3.17. The normalized spacial score (nSPS) is 23.4. The fourth-order valence-corrected chi connectivity index (χ4v) is 4.34. The SMILES string of the molecule is C=C(C)[C@@H]1Cc2c(ccc3c2O[C@@H]2COc4cc(OC)c(OC)cc4[C@H]2C3=O)O1. The Kier molecular flexibility index (Phi) is 3.98. The lowest BCUT2D eigenvalue weighted by Gasteiger charge is -2.37. The predicted molar refractivity (Wildman–Crippen MR) is 106 cm³/mol. The summed E-state index contributed by atoms with van der Waals surface area (Å²) in [5, 5.41) is 0. The summed E-state index contributed by atoms with van der Waals surface area (Å²) in [5.74, 6) is 2.68. The largest absolute Gasteiger partial charge is 0.493 e. The molecule has 0 N–H and O–H groups in total. The molecule has 0 spiro atoms. The Morgan fingerprint density at radius 1 is 1.10 bits per heavy atom. The van der Waals surface area contributed by atoms with Gasteiger partial charge in [-0.3, -0.25) is 4.79 Å². The van der Waals surface area contributed by atoms with Crippen molar-refractivity contribution >= 4 is 5.78 Å². The maximum absolute atomic E-state index is 13.5. The minimum atomic E-state index is -0.455. The lowest BCUT2D eigenvalue weighted by atomic mass is 9.81. The summed E-state index contributed by atoms with van der Waals surface area (Å²) in [7, 11) is 3.14. The van der Waals surface area contributed by atoms with Crippen LogP contribution in [-0.2, 0) is 6.42 Å². The topological polar surface area (TPSA) is 63.2 Å². The number of hydrogen-bond acceptors (Lipinski definition) is 6. The molecule has 2 aromatic rings. The third kappa shape index (κ3) is 2.58. The van der Waals surface area contributed by atoms with Gasteiger partial charge in [0, 0.05) is 23.6 Å². The van der Waals surface area contributed by atoms with E-state index in [1.807, 2.05) is 19.1 Å². The van der Waals surface area contributed by atoms with Gasteiger partial charge in [0.1, 0.15) is 36.1 Å². The Morgan fingerprint density at radius 3 is 2.59 bits per heavy atom. The van der Waals surface area contributed by atoms with Crippen LogP contribution in [0.4, 0.5) is 0 Å². The molecule has 0 unspecified atom stereocenters. The van der Waals surface area contributed by atoms with E-state index < -0.39 is 12.0 Å². The highest BCUT2D eigenvalue weighted by Gasteiger charge is 2.45. The zero-order valence-corrected chi connectivity index (χ0v) is 16.6. The molecule has 3 aliphatic heterocycles. The van der Waals surface area contributed by atoms with E-state index in [0.29, 0.717) is 35.0 Å². The first-order chi connectivity index (χ1) is 14.0. The van der Waals surface area contributed by atoms with Crippen molar-refractivity contribution < 1.29 is 28.5 Å². The first-order valence-corrected chi connectivity index (χ1v) is 9.59. The summed E-state index contributed by atoms with van der Waals surface area (Å²) >= 11 is 0. The van der Waals surface area contributed by atoms with Crippen LogP contribution < -0.4 is 23.7 Å². The molecule has 6 heteroatoms. The number of ketones is 1. The number of rotatable bonds is 3. The standard InChI is InChI=1S/C23H22O6/c1-11(2)16-8-14-15(28-16)6-5-12-22(24)21-13-7-18(25-3)19(26-4)9-17(13)27-10-20(21)29-23(12)14/h5-7,9,16,20-21H,1,8,10H2,2-4H3/t16-,20+,21+/m0/s1. The molecule has 0 fully saturated rings. The highest BCUT2D eigenvalue weighted by Crippen LogP contribution is 2.49. The number of methoxy groups -OCH3 is 2. The van der Waals surface area contributed by atoms with Gasteiger partial charge < -0.3 is 23.7 Å². The summed E-state index contributed by atoms with van der Waals surface area (Å²) in [5.41, 5.74) is 3.22. The minimum absolute atomic E-state index is 0.0228. The Hall–Kier alpha value is -3.15. The van der Waals surface area contributed by atoms with Crippen LogP contribution in [0.25, 0.3) is 0 Å². The zero-order chi connectivity index (χ0) is 20.3. The first kappa shape index (κ1) is 17.9. The van der Waals surface area contributed by atoms with E-state index in [1.54, 1.807) is 26.4 Å². The second kappa shape index (κ2) is 6.44. The number of fused-ring (bicyclic) bond motifs is 6. The van der Waals surface area contributed by atoms with Crippen LogP contribution in [0.5, 0.6) is 28.7 Å². The summed E-state index contributed by atoms with van der Waals surface area (Å²) < 4.78 is 29.0. The number of ether oxygens (including phenoxy) is 5.